The van der Waals surface area contributed by atoms with E-state index < -0.39 is 24.5 Å². The number of aryl methyl sites for hydroxylation is 1. The lowest BCUT2D eigenvalue weighted by atomic mass is 10.2. The lowest BCUT2D eigenvalue weighted by Crippen LogP contribution is -2.27. The Morgan fingerprint density at radius 3 is 2.67 bits per heavy atom. The number of benzene rings is 1. The number of halogens is 2. The fourth-order valence-corrected chi connectivity index (χ4v) is 2.07. The molecule has 0 radical (unpaired) electrons. The summed E-state index contributed by atoms with van der Waals surface area (Å²) in [6.07, 6.45) is 1.25. The smallest absolute Gasteiger partial charge is 0.387 e. The van der Waals surface area contributed by atoms with Gasteiger partial charge in [0, 0.05) is 6.20 Å². The average Bonchev–Trinajstić information content (AvgIpc) is 2.98. The number of carbonyl (C=O) groups excluding carboxylic acids is 1. The van der Waals surface area contributed by atoms with Crippen LogP contribution in [0.15, 0.2) is 30.5 Å². The first kappa shape index (κ1) is 17.4. The third-order valence-corrected chi connectivity index (χ3v) is 3.25. The van der Waals surface area contributed by atoms with Crippen molar-refractivity contribution < 1.29 is 28.2 Å². The summed E-state index contributed by atoms with van der Waals surface area (Å²) in [6.45, 7) is 0.0936. The molecule has 1 amide bonds. The number of aromatic carboxylic acids is 1. The lowest BCUT2D eigenvalue weighted by Gasteiger charge is -2.17. The Morgan fingerprint density at radius 2 is 2.04 bits per heavy atom. The normalized spacial score (nSPS) is 12.0. The fourth-order valence-electron chi connectivity index (χ4n) is 2.07. The molecule has 0 aliphatic carbocycles. The highest BCUT2D eigenvalue weighted by Crippen LogP contribution is 2.28. The Labute approximate surface area is 135 Å². The van der Waals surface area contributed by atoms with Gasteiger partial charge in [0.15, 0.2) is 0 Å². The number of amides is 1. The summed E-state index contributed by atoms with van der Waals surface area (Å²) >= 11 is 0. The number of nitrogens with zero attached hydrogens (tertiary/aromatic N) is 2. The zero-order chi connectivity index (χ0) is 17.9. The van der Waals surface area contributed by atoms with Crippen LogP contribution in [0.5, 0.6) is 5.75 Å². The predicted molar refractivity (Wildman–Crippen MR) is 80.3 cm³/mol. The number of carboxylic acid groups (broad SMARTS) is 1. The Morgan fingerprint density at radius 1 is 1.33 bits per heavy atom. The van der Waals surface area contributed by atoms with Gasteiger partial charge in [0.1, 0.15) is 17.5 Å². The maximum absolute atomic E-state index is 12.5. The minimum absolute atomic E-state index is 0.0572. The molecular weight excluding hydrogens is 324 g/mol. The Bertz CT molecular complexity index is 761. The molecule has 1 aromatic heterocycles. The van der Waals surface area contributed by atoms with Crippen LogP contribution in [0.25, 0.3) is 0 Å². The largest absolute Gasteiger partial charge is 0.477 e. The number of alkyl halides is 2. The second-order valence-corrected chi connectivity index (χ2v) is 5.01. The molecule has 0 saturated heterocycles. The number of anilines is 1. The van der Waals surface area contributed by atoms with Crippen LogP contribution in [-0.4, -0.2) is 33.4 Å². The highest BCUT2D eigenvalue weighted by atomic mass is 19.3. The molecule has 1 aromatic carbocycles. The molecule has 128 valence electrons. The second-order valence-electron chi connectivity index (χ2n) is 5.01. The van der Waals surface area contributed by atoms with Crippen molar-refractivity contribution >= 4 is 17.6 Å². The molecule has 1 atom stereocenters. The van der Waals surface area contributed by atoms with E-state index in [-0.39, 0.29) is 17.1 Å². The predicted octanol–water partition coefficient (Wildman–Crippen LogP) is 2.69. The first-order valence-corrected chi connectivity index (χ1v) is 6.92. The van der Waals surface area contributed by atoms with E-state index in [0.29, 0.717) is 5.56 Å². The van der Waals surface area contributed by atoms with Crippen molar-refractivity contribution in [2.45, 2.75) is 26.5 Å². The van der Waals surface area contributed by atoms with Gasteiger partial charge in [-0.15, -0.1) is 0 Å². The second kappa shape index (κ2) is 7.07. The summed E-state index contributed by atoms with van der Waals surface area (Å²) in [5.41, 5.74) is 0.573. The topological polar surface area (TPSA) is 93.5 Å². The summed E-state index contributed by atoms with van der Waals surface area (Å²) in [5.74, 6) is -2.03. The summed E-state index contributed by atoms with van der Waals surface area (Å²) in [6, 6.07) is 4.70. The number of aromatic nitrogens is 2. The Balaban J connectivity index is 2.23. The van der Waals surface area contributed by atoms with E-state index in [1.54, 1.807) is 13.0 Å². The summed E-state index contributed by atoms with van der Waals surface area (Å²) in [7, 11) is 0. The van der Waals surface area contributed by atoms with Gasteiger partial charge in [-0.05, 0) is 37.6 Å². The van der Waals surface area contributed by atoms with Crippen molar-refractivity contribution in [1.29, 1.82) is 0 Å². The molecule has 0 fully saturated rings. The molecule has 0 aliphatic heterocycles. The molecule has 0 aliphatic rings. The molecule has 1 unspecified atom stereocenters. The van der Waals surface area contributed by atoms with E-state index in [9.17, 15) is 18.4 Å². The van der Waals surface area contributed by atoms with Crippen molar-refractivity contribution in [1.82, 2.24) is 9.78 Å². The first-order valence-electron chi connectivity index (χ1n) is 6.92. The monoisotopic (exact) mass is 339 g/mol. The van der Waals surface area contributed by atoms with E-state index in [2.05, 4.69) is 15.2 Å². The SMILES string of the molecule is Cc1ccc(NC(=O)C(C)n2nccc2C(=O)O)c(OC(F)F)c1. The summed E-state index contributed by atoms with van der Waals surface area (Å²) < 4.78 is 30.4. The Kier molecular flexibility index (Phi) is 5.12. The minimum Gasteiger partial charge on any atom is -0.477 e. The number of nitrogens with one attached hydrogen (secondary N) is 1. The summed E-state index contributed by atoms with van der Waals surface area (Å²) in [4.78, 5) is 23.4. The maximum Gasteiger partial charge on any atom is 0.387 e. The van der Waals surface area contributed by atoms with Crippen LogP contribution >= 0.6 is 0 Å². The highest BCUT2D eigenvalue weighted by molar-refractivity contribution is 5.95. The van der Waals surface area contributed by atoms with Gasteiger partial charge < -0.3 is 15.2 Å². The quantitative estimate of drug-likeness (QED) is 0.844. The molecule has 2 aromatic rings. The molecule has 0 spiro atoms. The molecular formula is C15H15F2N3O4. The molecule has 7 nitrogen and oxygen atoms in total. The van der Waals surface area contributed by atoms with Gasteiger partial charge in [0.2, 0.25) is 5.91 Å². The maximum atomic E-state index is 12.5. The highest BCUT2D eigenvalue weighted by Gasteiger charge is 2.22. The van der Waals surface area contributed by atoms with Gasteiger partial charge in [-0.1, -0.05) is 6.07 Å². The van der Waals surface area contributed by atoms with Gasteiger partial charge in [-0.3, -0.25) is 4.79 Å². The van der Waals surface area contributed by atoms with Gasteiger partial charge in [-0.25, -0.2) is 9.48 Å². The van der Waals surface area contributed by atoms with Crippen LogP contribution in [0.2, 0.25) is 0 Å². The molecule has 24 heavy (non-hydrogen) atoms. The van der Waals surface area contributed by atoms with Crippen LogP contribution in [0.1, 0.15) is 29.0 Å². The minimum atomic E-state index is -3.04. The fraction of sp³-hybridized carbons (Fsp3) is 0.267. The van der Waals surface area contributed by atoms with E-state index in [1.807, 2.05) is 0 Å². The molecule has 2 rings (SSSR count). The van der Waals surface area contributed by atoms with Gasteiger partial charge in [-0.2, -0.15) is 13.9 Å². The van der Waals surface area contributed by atoms with Crippen LogP contribution < -0.4 is 10.1 Å². The zero-order valence-corrected chi connectivity index (χ0v) is 12.9. The zero-order valence-electron chi connectivity index (χ0n) is 12.9. The molecule has 2 N–H and O–H groups in total. The number of hydrogen-bond acceptors (Lipinski definition) is 4. The van der Waals surface area contributed by atoms with Crippen LogP contribution in [0, 0.1) is 6.92 Å². The number of hydrogen-bond donors (Lipinski definition) is 2. The van der Waals surface area contributed by atoms with Crippen molar-refractivity contribution in [3.8, 4) is 5.75 Å². The number of carboxylic acids is 1. The Hall–Kier alpha value is -2.97. The third-order valence-electron chi connectivity index (χ3n) is 3.25. The van der Waals surface area contributed by atoms with E-state index in [1.165, 1.54) is 31.3 Å². The van der Waals surface area contributed by atoms with E-state index in [0.717, 1.165) is 4.68 Å². The van der Waals surface area contributed by atoms with Crippen molar-refractivity contribution in [3.05, 3.63) is 41.7 Å². The average molecular weight is 339 g/mol. The first-order chi connectivity index (χ1) is 11.3. The molecule has 0 bridgehead atoms. The van der Waals surface area contributed by atoms with Crippen molar-refractivity contribution in [2.75, 3.05) is 5.32 Å². The van der Waals surface area contributed by atoms with Gasteiger partial charge in [0.25, 0.3) is 0 Å². The third kappa shape index (κ3) is 3.86. The van der Waals surface area contributed by atoms with Crippen LogP contribution in [0.3, 0.4) is 0 Å². The number of carbonyl (C=O) groups is 2. The summed E-state index contributed by atoms with van der Waals surface area (Å²) in [5, 5.41) is 15.3. The van der Waals surface area contributed by atoms with Crippen molar-refractivity contribution in [2.24, 2.45) is 0 Å². The molecule has 9 heteroatoms. The van der Waals surface area contributed by atoms with Crippen LogP contribution in [-0.2, 0) is 4.79 Å². The number of rotatable bonds is 6. The molecule has 1 heterocycles. The van der Waals surface area contributed by atoms with E-state index >= 15 is 0 Å². The standard InChI is InChI=1S/C15H15F2N3O4/c1-8-3-4-10(12(7-8)24-15(16)17)19-13(21)9(2)20-11(14(22)23)5-6-18-20/h3-7,9,15H,1-2H3,(H,19,21)(H,22,23). The molecule has 0 saturated carbocycles. The van der Waals surface area contributed by atoms with Gasteiger partial charge in [0.05, 0.1) is 5.69 Å². The van der Waals surface area contributed by atoms with Crippen LogP contribution in [0.4, 0.5) is 14.5 Å². The van der Waals surface area contributed by atoms with Gasteiger partial charge >= 0.3 is 12.6 Å². The lowest BCUT2D eigenvalue weighted by molar-refractivity contribution is -0.119. The number of ether oxygens (including phenoxy) is 1. The van der Waals surface area contributed by atoms with Crippen molar-refractivity contribution in [3.63, 3.8) is 0 Å². The van der Waals surface area contributed by atoms with E-state index in [4.69, 9.17) is 5.11 Å².